The first-order chi connectivity index (χ1) is 8.54. The van der Waals surface area contributed by atoms with Gasteiger partial charge in [0.15, 0.2) is 0 Å². The molecule has 0 saturated heterocycles. The predicted molar refractivity (Wildman–Crippen MR) is 66.4 cm³/mol. The molecule has 2 aromatic rings. The van der Waals surface area contributed by atoms with Gasteiger partial charge in [0.2, 0.25) is 11.7 Å². The highest BCUT2D eigenvalue weighted by Crippen LogP contribution is 2.18. The van der Waals surface area contributed by atoms with Gasteiger partial charge in [-0.25, -0.2) is 4.39 Å². The van der Waals surface area contributed by atoms with Crippen LogP contribution in [0.1, 0.15) is 25.3 Å². The van der Waals surface area contributed by atoms with E-state index in [9.17, 15) is 4.39 Å². The fourth-order valence-corrected chi connectivity index (χ4v) is 1.60. The van der Waals surface area contributed by atoms with E-state index < -0.39 is 0 Å². The van der Waals surface area contributed by atoms with E-state index in [2.05, 4.69) is 15.5 Å². The standard InChI is InChI=1S/C13H16FN3O/c1-8(2)15-7-12-16-13(17-18-12)10-4-9(3)5-11(14)6-10/h4-6,8,15H,7H2,1-3H3. The summed E-state index contributed by atoms with van der Waals surface area (Å²) in [7, 11) is 0. The van der Waals surface area contributed by atoms with Crippen LogP contribution < -0.4 is 5.32 Å². The van der Waals surface area contributed by atoms with Crippen LogP contribution in [0.4, 0.5) is 4.39 Å². The van der Waals surface area contributed by atoms with Crippen molar-refractivity contribution in [2.24, 2.45) is 0 Å². The molecular formula is C13H16FN3O. The number of nitrogens with zero attached hydrogens (tertiary/aromatic N) is 2. The van der Waals surface area contributed by atoms with Gasteiger partial charge >= 0.3 is 0 Å². The van der Waals surface area contributed by atoms with E-state index >= 15 is 0 Å². The maximum atomic E-state index is 13.3. The molecule has 0 atom stereocenters. The summed E-state index contributed by atoms with van der Waals surface area (Å²) in [4.78, 5) is 4.23. The third-order valence-corrected chi connectivity index (χ3v) is 2.43. The van der Waals surface area contributed by atoms with Gasteiger partial charge in [-0.05, 0) is 30.7 Å². The smallest absolute Gasteiger partial charge is 0.240 e. The minimum atomic E-state index is -0.295. The Labute approximate surface area is 105 Å². The van der Waals surface area contributed by atoms with Gasteiger partial charge in [0, 0.05) is 11.6 Å². The highest BCUT2D eigenvalue weighted by Gasteiger charge is 2.10. The lowest BCUT2D eigenvalue weighted by Gasteiger charge is -2.03. The molecule has 2 rings (SSSR count). The Bertz CT molecular complexity index is 517. The summed E-state index contributed by atoms with van der Waals surface area (Å²) in [6, 6.07) is 5.03. The minimum Gasteiger partial charge on any atom is -0.338 e. The molecule has 0 bridgehead atoms. The summed E-state index contributed by atoms with van der Waals surface area (Å²) >= 11 is 0. The molecule has 0 aliphatic rings. The fourth-order valence-electron chi connectivity index (χ4n) is 1.60. The molecule has 0 radical (unpaired) electrons. The van der Waals surface area contributed by atoms with E-state index in [0.29, 0.717) is 29.9 Å². The monoisotopic (exact) mass is 249 g/mol. The molecule has 96 valence electrons. The number of halogens is 1. The van der Waals surface area contributed by atoms with Crippen molar-refractivity contribution in [2.75, 3.05) is 0 Å². The van der Waals surface area contributed by atoms with Crippen LogP contribution in [-0.2, 0) is 6.54 Å². The van der Waals surface area contributed by atoms with Gasteiger partial charge in [0.1, 0.15) is 5.82 Å². The van der Waals surface area contributed by atoms with Crippen molar-refractivity contribution < 1.29 is 8.91 Å². The van der Waals surface area contributed by atoms with E-state index in [-0.39, 0.29) is 5.82 Å². The average molecular weight is 249 g/mol. The number of rotatable bonds is 4. The third kappa shape index (κ3) is 3.13. The first kappa shape index (κ1) is 12.7. The summed E-state index contributed by atoms with van der Waals surface area (Å²) in [5, 5.41) is 7.03. The third-order valence-electron chi connectivity index (χ3n) is 2.43. The molecule has 1 aromatic carbocycles. The molecule has 0 aliphatic heterocycles. The van der Waals surface area contributed by atoms with Gasteiger partial charge in [-0.15, -0.1) is 0 Å². The molecular weight excluding hydrogens is 233 g/mol. The SMILES string of the molecule is Cc1cc(F)cc(-c2noc(CNC(C)C)n2)c1. The lowest BCUT2D eigenvalue weighted by atomic mass is 10.1. The van der Waals surface area contributed by atoms with Crippen molar-refractivity contribution in [3.05, 3.63) is 35.5 Å². The minimum absolute atomic E-state index is 0.295. The molecule has 0 amide bonds. The molecule has 1 heterocycles. The van der Waals surface area contributed by atoms with E-state index in [1.807, 2.05) is 26.8 Å². The van der Waals surface area contributed by atoms with Gasteiger partial charge in [-0.1, -0.05) is 19.0 Å². The van der Waals surface area contributed by atoms with Gasteiger partial charge < -0.3 is 9.84 Å². The number of aromatic nitrogens is 2. The topological polar surface area (TPSA) is 51.0 Å². The zero-order valence-electron chi connectivity index (χ0n) is 10.7. The second-order valence-electron chi connectivity index (χ2n) is 4.56. The van der Waals surface area contributed by atoms with Crippen molar-refractivity contribution >= 4 is 0 Å². The highest BCUT2D eigenvalue weighted by molar-refractivity contribution is 5.55. The van der Waals surface area contributed by atoms with Crippen molar-refractivity contribution in [1.82, 2.24) is 15.5 Å². The molecule has 0 aliphatic carbocycles. The maximum absolute atomic E-state index is 13.3. The summed E-state index contributed by atoms with van der Waals surface area (Å²) < 4.78 is 18.4. The van der Waals surface area contributed by atoms with Crippen LogP contribution in [0, 0.1) is 12.7 Å². The van der Waals surface area contributed by atoms with Gasteiger partial charge in [0.25, 0.3) is 0 Å². The summed E-state index contributed by atoms with van der Waals surface area (Å²) in [5.74, 6) is 0.621. The molecule has 5 heteroatoms. The average Bonchev–Trinajstić information content (AvgIpc) is 2.73. The number of hydrogen-bond donors (Lipinski definition) is 1. The molecule has 18 heavy (non-hydrogen) atoms. The zero-order chi connectivity index (χ0) is 13.1. The maximum Gasteiger partial charge on any atom is 0.240 e. The lowest BCUT2D eigenvalue weighted by molar-refractivity contribution is 0.362. The molecule has 0 unspecified atom stereocenters. The number of benzene rings is 1. The summed E-state index contributed by atoms with van der Waals surface area (Å²) in [5.41, 5.74) is 1.46. The van der Waals surface area contributed by atoms with Crippen LogP contribution in [0.5, 0.6) is 0 Å². The van der Waals surface area contributed by atoms with Crippen LogP contribution in [0.3, 0.4) is 0 Å². The quantitative estimate of drug-likeness (QED) is 0.905. The van der Waals surface area contributed by atoms with Gasteiger partial charge in [-0.2, -0.15) is 4.98 Å². The predicted octanol–water partition coefficient (Wildman–Crippen LogP) is 2.68. The van der Waals surface area contributed by atoms with E-state index in [0.717, 1.165) is 5.56 Å². The van der Waals surface area contributed by atoms with Crippen LogP contribution in [0.2, 0.25) is 0 Å². The fraction of sp³-hybridized carbons (Fsp3) is 0.385. The second kappa shape index (κ2) is 5.27. The largest absolute Gasteiger partial charge is 0.338 e. The lowest BCUT2D eigenvalue weighted by Crippen LogP contribution is -2.21. The number of nitrogens with one attached hydrogen (secondary N) is 1. The molecule has 1 N–H and O–H groups in total. The summed E-state index contributed by atoms with van der Waals surface area (Å²) in [6.07, 6.45) is 0. The molecule has 4 nitrogen and oxygen atoms in total. The first-order valence-electron chi connectivity index (χ1n) is 5.88. The Balaban J connectivity index is 2.18. The first-order valence-corrected chi connectivity index (χ1v) is 5.88. The molecule has 0 fully saturated rings. The van der Waals surface area contributed by atoms with Crippen molar-refractivity contribution in [2.45, 2.75) is 33.4 Å². The Hall–Kier alpha value is -1.75. The van der Waals surface area contributed by atoms with Gasteiger partial charge in [-0.3, -0.25) is 0 Å². The van der Waals surface area contributed by atoms with Gasteiger partial charge in [0.05, 0.1) is 6.54 Å². The molecule has 0 saturated carbocycles. The van der Waals surface area contributed by atoms with E-state index in [1.54, 1.807) is 0 Å². The Kier molecular flexibility index (Phi) is 3.72. The van der Waals surface area contributed by atoms with Crippen molar-refractivity contribution in [3.8, 4) is 11.4 Å². The Morgan fingerprint density at radius 1 is 1.33 bits per heavy atom. The van der Waals surface area contributed by atoms with Crippen LogP contribution in [0.25, 0.3) is 11.4 Å². The Morgan fingerprint density at radius 2 is 2.11 bits per heavy atom. The van der Waals surface area contributed by atoms with Crippen LogP contribution in [0.15, 0.2) is 22.7 Å². The zero-order valence-corrected chi connectivity index (χ0v) is 10.7. The Morgan fingerprint density at radius 3 is 2.78 bits per heavy atom. The summed E-state index contributed by atoms with van der Waals surface area (Å²) in [6.45, 7) is 6.41. The second-order valence-corrected chi connectivity index (χ2v) is 4.56. The van der Waals surface area contributed by atoms with Crippen molar-refractivity contribution in [1.29, 1.82) is 0 Å². The van der Waals surface area contributed by atoms with E-state index in [1.165, 1.54) is 12.1 Å². The molecule has 0 spiro atoms. The van der Waals surface area contributed by atoms with Crippen LogP contribution in [-0.4, -0.2) is 16.2 Å². The number of aryl methyl sites for hydroxylation is 1. The van der Waals surface area contributed by atoms with E-state index in [4.69, 9.17) is 4.52 Å². The highest BCUT2D eigenvalue weighted by atomic mass is 19.1. The molecule has 1 aromatic heterocycles. The van der Waals surface area contributed by atoms with Crippen LogP contribution >= 0.6 is 0 Å². The normalized spacial score (nSPS) is 11.2. The number of hydrogen-bond acceptors (Lipinski definition) is 4. The van der Waals surface area contributed by atoms with Crippen molar-refractivity contribution in [3.63, 3.8) is 0 Å².